The van der Waals surface area contributed by atoms with Gasteiger partial charge in [-0.1, -0.05) is 42.8 Å². The molecule has 0 fully saturated rings. The first-order chi connectivity index (χ1) is 12.2. The van der Waals surface area contributed by atoms with Crippen molar-refractivity contribution in [3.63, 3.8) is 0 Å². The van der Waals surface area contributed by atoms with E-state index in [-0.39, 0.29) is 11.9 Å². The fourth-order valence-corrected chi connectivity index (χ4v) is 2.72. The lowest BCUT2D eigenvalue weighted by Crippen LogP contribution is -2.29. The van der Waals surface area contributed by atoms with Gasteiger partial charge in [-0.05, 0) is 52.2 Å². The summed E-state index contributed by atoms with van der Waals surface area (Å²) in [5.74, 6) is -0.0167. The molecular formula is C18H18ClN5O. The van der Waals surface area contributed by atoms with E-state index in [1.165, 1.54) is 6.33 Å². The largest absolute Gasteiger partial charge is 0.349 e. The molecule has 0 spiro atoms. The van der Waals surface area contributed by atoms with E-state index in [4.69, 9.17) is 11.6 Å². The van der Waals surface area contributed by atoms with Crippen LogP contribution in [0.1, 0.15) is 30.5 Å². The zero-order chi connectivity index (χ0) is 17.6. The molecule has 1 aromatic heterocycles. The Labute approximate surface area is 150 Å². The van der Waals surface area contributed by atoms with Gasteiger partial charge in [0.05, 0.1) is 18.2 Å². The average molecular weight is 356 g/mol. The molecule has 0 saturated heterocycles. The molecule has 2 aromatic carbocycles. The van der Waals surface area contributed by atoms with Gasteiger partial charge in [-0.2, -0.15) is 0 Å². The van der Waals surface area contributed by atoms with Crippen molar-refractivity contribution in [3.05, 3.63) is 71.0 Å². The minimum atomic E-state index is -0.0229. The van der Waals surface area contributed by atoms with Crippen molar-refractivity contribution in [2.24, 2.45) is 0 Å². The predicted molar refractivity (Wildman–Crippen MR) is 95.5 cm³/mol. The lowest BCUT2D eigenvalue weighted by molar-refractivity contribution is -0.121. The summed E-state index contributed by atoms with van der Waals surface area (Å²) in [6, 6.07) is 15.1. The zero-order valence-electron chi connectivity index (χ0n) is 13.8. The Hall–Kier alpha value is -2.73. The monoisotopic (exact) mass is 355 g/mol. The number of carbonyl (C=O) groups is 1. The van der Waals surface area contributed by atoms with Crippen molar-refractivity contribution in [1.82, 2.24) is 25.5 Å². The summed E-state index contributed by atoms with van der Waals surface area (Å²) in [4.78, 5) is 12.4. The van der Waals surface area contributed by atoms with Crippen LogP contribution in [0.2, 0.25) is 5.02 Å². The summed E-state index contributed by atoms with van der Waals surface area (Å²) in [7, 11) is 0. The van der Waals surface area contributed by atoms with Crippen molar-refractivity contribution in [3.8, 4) is 5.69 Å². The number of nitrogens with zero attached hydrogens (tertiary/aromatic N) is 4. The van der Waals surface area contributed by atoms with Crippen LogP contribution < -0.4 is 5.32 Å². The van der Waals surface area contributed by atoms with Crippen LogP contribution in [0.15, 0.2) is 54.9 Å². The van der Waals surface area contributed by atoms with Gasteiger partial charge in [0.2, 0.25) is 5.91 Å². The number of aromatic nitrogens is 4. The third-order valence-electron chi connectivity index (χ3n) is 3.93. The first-order valence-corrected chi connectivity index (χ1v) is 8.40. The van der Waals surface area contributed by atoms with Crippen molar-refractivity contribution in [2.45, 2.75) is 25.8 Å². The molecule has 0 radical (unpaired) electrons. The number of benzene rings is 2. The quantitative estimate of drug-likeness (QED) is 0.737. The number of halogens is 1. The minimum absolute atomic E-state index is 0.0167. The molecule has 0 aliphatic heterocycles. The van der Waals surface area contributed by atoms with E-state index in [1.54, 1.807) is 4.68 Å². The van der Waals surface area contributed by atoms with Crippen molar-refractivity contribution in [1.29, 1.82) is 0 Å². The number of tetrazole rings is 1. The molecule has 6 nitrogen and oxygen atoms in total. The molecule has 0 bridgehead atoms. The molecule has 0 saturated carbocycles. The predicted octanol–water partition coefficient (Wildman–Crippen LogP) is 3.13. The van der Waals surface area contributed by atoms with Crippen LogP contribution in [0.3, 0.4) is 0 Å². The number of nitrogens with one attached hydrogen (secondary N) is 1. The second-order valence-corrected chi connectivity index (χ2v) is 6.11. The molecule has 1 N–H and O–H groups in total. The maximum atomic E-state index is 12.4. The van der Waals surface area contributed by atoms with Crippen LogP contribution >= 0.6 is 11.6 Å². The van der Waals surface area contributed by atoms with Crippen molar-refractivity contribution >= 4 is 17.5 Å². The number of hydrogen-bond donors (Lipinski definition) is 1. The first-order valence-electron chi connectivity index (χ1n) is 8.03. The van der Waals surface area contributed by atoms with Crippen LogP contribution in [0.25, 0.3) is 5.69 Å². The molecule has 3 aromatic rings. The van der Waals surface area contributed by atoms with Crippen LogP contribution in [0, 0.1) is 0 Å². The highest BCUT2D eigenvalue weighted by atomic mass is 35.5. The Morgan fingerprint density at radius 2 is 1.88 bits per heavy atom. The third-order valence-corrected chi connectivity index (χ3v) is 4.18. The van der Waals surface area contributed by atoms with E-state index >= 15 is 0 Å². The average Bonchev–Trinajstić information content (AvgIpc) is 3.16. The summed E-state index contributed by atoms with van der Waals surface area (Å²) in [6.45, 7) is 2.04. The van der Waals surface area contributed by atoms with Gasteiger partial charge >= 0.3 is 0 Å². The van der Waals surface area contributed by atoms with Crippen LogP contribution in [0.4, 0.5) is 0 Å². The lowest BCUT2D eigenvalue weighted by Gasteiger charge is -2.17. The van der Waals surface area contributed by atoms with Gasteiger partial charge < -0.3 is 5.32 Å². The topological polar surface area (TPSA) is 72.7 Å². The molecule has 1 heterocycles. The molecule has 1 amide bonds. The van der Waals surface area contributed by atoms with Crippen molar-refractivity contribution < 1.29 is 4.79 Å². The van der Waals surface area contributed by atoms with Gasteiger partial charge in [0.1, 0.15) is 6.33 Å². The summed E-state index contributed by atoms with van der Waals surface area (Å²) in [5.41, 5.74) is 2.83. The maximum absolute atomic E-state index is 12.4. The highest BCUT2D eigenvalue weighted by Gasteiger charge is 2.13. The van der Waals surface area contributed by atoms with E-state index in [1.807, 2.05) is 55.5 Å². The Morgan fingerprint density at radius 1 is 1.16 bits per heavy atom. The summed E-state index contributed by atoms with van der Waals surface area (Å²) in [5, 5.41) is 14.8. The number of hydrogen-bond acceptors (Lipinski definition) is 4. The van der Waals surface area contributed by atoms with Gasteiger partial charge in [0, 0.05) is 5.02 Å². The molecule has 3 rings (SSSR count). The molecule has 0 aliphatic carbocycles. The van der Waals surface area contributed by atoms with E-state index in [9.17, 15) is 4.79 Å². The van der Waals surface area contributed by atoms with Gasteiger partial charge in [0.15, 0.2) is 0 Å². The van der Waals surface area contributed by atoms with Gasteiger partial charge in [-0.25, -0.2) is 4.68 Å². The minimum Gasteiger partial charge on any atom is -0.349 e. The molecule has 7 heteroatoms. The van der Waals surface area contributed by atoms with Crippen molar-refractivity contribution in [2.75, 3.05) is 0 Å². The molecular weight excluding hydrogens is 338 g/mol. The third kappa shape index (κ3) is 4.42. The molecule has 25 heavy (non-hydrogen) atoms. The first kappa shape index (κ1) is 17.1. The lowest BCUT2D eigenvalue weighted by atomic mass is 10.0. The number of amides is 1. The van der Waals surface area contributed by atoms with Crippen LogP contribution in [-0.2, 0) is 11.2 Å². The van der Waals surface area contributed by atoms with Crippen LogP contribution in [-0.4, -0.2) is 26.1 Å². The number of carbonyl (C=O) groups excluding carboxylic acids is 1. The Balaban J connectivity index is 1.62. The summed E-state index contributed by atoms with van der Waals surface area (Å²) in [6.07, 6.45) is 2.66. The number of rotatable bonds is 6. The highest BCUT2D eigenvalue weighted by molar-refractivity contribution is 6.30. The summed E-state index contributed by atoms with van der Waals surface area (Å²) >= 11 is 5.92. The second kappa shape index (κ2) is 7.90. The van der Waals surface area contributed by atoms with E-state index in [2.05, 4.69) is 20.8 Å². The zero-order valence-corrected chi connectivity index (χ0v) is 14.5. The smallest absolute Gasteiger partial charge is 0.224 e. The fraction of sp³-hybridized carbons (Fsp3) is 0.222. The van der Waals surface area contributed by atoms with E-state index in [0.717, 1.165) is 23.2 Å². The summed E-state index contributed by atoms with van der Waals surface area (Å²) < 4.78 is 1.57. The van der Waals surface area contributed by atoms with Crippen LogP contribution in [0.5, 0.6) is 0 Å². The Bertz CT molecular complexity index is 816. The Kier molecular flexibility index (Phi) is 5.40. The van der Waals surface area contributed by atoms with E-state index in [0.29, 0.717) is 11.4 Å². The normalized spacial score (nSPS) is 11.9. The Morgan fingerprint density at radius 3 is 2.48 bits per heavy atom. The molecule has 0 aliphatic rings. The molecule has 128 valence electrons. The maximum Gasteiger partial charge on any atom is 0.224 e. The van der Waals surface area contributed by atoms with Gasteiger partial charge in [0.25, 0.3) is 0 Å². The van der Waals surface area contributed by atoms with Gasteiger partial charge in [-0.3, -0.25) is 4.79 Å². The fourth-order valence-electron chi connectivity index (χ4n) is 2.59. The molecule has 1 atom stereocenters. The molecule has 1 unspecified atom stereocenters. The van der Waals surface area contributed by atoms with Gasteiger partial charge in [-0.15, -0.1) is 5.10 Å². The van der Waals surface area contributed by atoms with E-state index < -0.39 is 0 Å². The second-order valence-electron chi connectivity index (χ2n) is 5.68. The highest BCUT2D eigenvalue weighted by Crippen LogP contribution is 2.19. The standard InChI is InChI=1S/C18H18ClN5O/c1-2-17(14-5-7-15(19)8-6-14)21-18(25)11-13-3-9-16(10-4-13)24-12-20-22-23-24/h3-10,12,17H,2,11H2,1H3,(H,21,25). The SMILES string of the molecule is CCC(NC(=O)Cc1ccc(-n2cnnn2)cc1)c1ccc(Cl)cc1.